The number of carbonyl (C=O) groups is 1. The lowest BCUT2D eigenvalue weighted by molar-refractivity contribution is -0.168. The third-order valence-corrected chi connectivity index (χ3v) is 4.05. The fraction of sp³-hybridized carbons (Fsp3) is 0.929. The lowest BCUT2D eigenvalue weighted by atomic mass is 9.91. The van der Waals surface area contributed by atoms with Crippen molar-refractivity contribution in [3.05, 3.63) is 0 Å². The number of nitrogens with zero attached hydrogens (tertiary/aromatic N) is 1. The van der Waals surface area contributed by atoms with Crippen molar-refractivity contribution in [1.29, 1.82) is 0 Å². The zero-order valence-electron chi connectivity index (χ0n) is 12.5. The van der Waals surface area contributed by atoms with Gasteiger partial charge in [-0.05, 0) is 38.1 Å². The summed E-state index contributed by atoms with van der Waals surface area (Å²) >= 11 is 0. The lowest BCUT2D eigenvalue weighted by Gasteiger charge is -2.37. The summed E-state index contributed by atoms with van der Waals surface area (Å²) < 4.78 is 38.2. The van der Waals surface area contributed by atoms with Gasteiger partial charge in [-0.25, -0.2) is 0 Å². The van der Waals surface area contributed by atoms with E-state index in [1.165, 1.54) is 0 Å². The highest BCUT2D eigenvalue weighted by Crippen LogP contribution is 2.24. The molecular weight excluding hydrogens is 269 g/mol. The van der Waals surface area contributed by atoms with Crippen molar-refractivity contribution >= 4 is 5.91 Å². The summed E-state index contributed by atoms with van der Waals surface area (Å²) in [7, 11) is 0. The maximum Gasteiger partial charge on any atom is 0.406 e. The van der Waals surface area contributed by atoms with Crippen molar-refractivity contribution in [1.82, 2.24) is 10.2 Å². The standard InChI is InChI=1S/C14H25F3N2O/c1-4-11(5-2)19(9-14(15,16)17)13(20)12-10(3)7-6-8-18-12/h10-12,18H,4-9H2,1-3H3. The maximum absolute atomic E-state index is 12.7. The van der Waals surface area contributed by atoms with E-state index < -0.39 is 24.7 Å². The SMILES string of the molecule is CCC(CC)N(CC(F)(F)F)C(=O)C1NCCCC1C. The van der Waals surface area contributed by atoms with Crippen LogP contribution in [0.2, 0.25) is 0 Å². The molecule has 0 spiro atoms. The average Bonchev–Trinajstić information content (AvgIpc) is 2.37. The third-order valence-electron chi connectivity index (χ3n) is 4.05. The largest absolute Gasteiger partial charge is 0.406 e. The average molecular weight is 294 g/mol. The second-order valence-electron chi connectivity index (χ2n) is 5.60. The summed E-state index contributed by atoms with van der Waals surface area (Å²) in [5, 5.41) is 3.08. The molecule has 6 heteroatoms. The van der Waals surface area contributed by atoms with Crippen LogP contribution in [0.1, 0.15) is 46.5 Å². The molecule has 1 N–H and O–H groups in total. The molecule has 1 aliphatic rings. The molecule has 118 valence electrons. The van der Waals surface area contributed by atoms with Crippen LogP contribution >= 0.6 is 0 Å². The molecule has 1 heterocycles. The number of rotatable bonds is 5. The topological polar surface area (TPSA) is 32.3 Å². The van der Waals surface area contributed by atoms with Crippen LogP contribution in [0.3, 0.4) is 0 Å². The normalized spacial score (nSPS) is 23.9. The van der Waals surface area contributed by atoms with E-state index in [9.17, 15) is 18.0 Å². The molecule has 1 fully saturated rings. The van der Waals surface area contributed by atoms with E-state index in [2.05, 4.69) is 5.32 Å². The van der Waals surface area contributed by atoms with Crippen molar-refractivity contribution in [3.8, 4) is 0 Å². The molecule has 0 aliphatic carbocycles. The lowest BCUT2D eigenvalue weighted by Crippen LogP contribution is -2.56. The van der Waals surface area contributed by atoms with Gasteiger partial charge in [-0.15, -0.1) is 0 Å². The summed E-state index contributed by atoms with van der Waals surface area (Å²) in [5.74, 6) is -0.315. The zero-order valence-corrected chi connectivity index (χ0v) is 12.5. The summed E-state index contributed by atoms with van der Waals surface area (Å²) in [6.45, 7) is 5.12. The molecule has 1 saturated heterocycles. The van der Waals surface area contributed by atoms with Crippen LogP contribution in [0.4, 0.5) is 13.2 Å². The number of hydrogen-bond acceptors (Lipinski definition) is 2. The predicted molar refractivity (Wildman–Crippen MR) is 72.3 cm³/mol. The van der Waals surface area contributed by atoms with Gasteiger partial charge in [0.05, 0.1) is 6.04 Å². The Morgan fingerprint density at radius 1 is 1.35 bits per heavy atom. The summed E-state index contributed by atoms with van der Waals surface area (Å²) in [6.07, 6.45) is -1.42. The number of nitrogens with one attached hydrogen (secondary N) is 1. The summed E-state index contributed by atoms with van der Waals surface area (Å²) in [5.41, 5.74) is 0. The van der Waals surface area contributed by atoms with E-state index in [1.807, 2.05) is 20.8 Å². The molecular formula is C14H25F3N2O. The first-order valence-corrected chi connectivity index (χ1v) is 7.40. The Balaban J connectivity index is 2.87. The number of piperidine rings is 1. The first kappa shape index (κ1) is 17.3. The quantitative estimate of drug-likeness (QED) is 0.845. The molecule has 0 aromatic carbocycles. The highest BCUT2D eigenvalue weighted by Gasteiger charge is 2.39. The second kappa shape index (κ2) is 7.29. The van der Waals surface area contributed by atoms with Crippen molar-refractivity contribution in [3.63, 3.8) is 0 Å². The van der Waals surface area contributed by atoms with E-state index >= 15 is 0 Å². The van der Waals surface area contributed by atoms with Gasteiger partial charge in [-0.3, -0.25) is 4.79 Å². The first-order valence-electron chi connectivity index (χ1n) is 7.40. The van der Waals surface area contributed by atoms with E-state index in [4.69, 9.17) is 0 Å². The number of alkyl halides is 3. The monoisotopic (exact) mass is 294 g/mol. The number of halogens is 3. The van der Waals surface area contributed by atoms with Crippen molar-refractivity contribution in [2.45, 2.75) is 64.7 Å². The van der Waals surface area contributed by atoms with E-state index in [0.29, 0.717) is 19.4 Å². The molecule has 1 amide bonds. The Labute approximate surface area is 118 Å². The fourth-order valence-corrected chi connectivity index (χ4v) is 2.87. The molecule has 20 heavy (non-hydrogen) atoms. The minimum Gasteiger partial charge on any atom is -0.329 e. The Morgan fingerprint density at radius 2 is 1.95 bits per heavy atom. The smallest absolute Gasteiger partial charge is 0.329 e. The number of hydrogen-bond donors (Lipinski definition) is 1. The number of amides is 1. The van der Waals surface area contributed by atoms with Crippen LogP contribution in [-0.2, 0) is 4.79 Å². The number of carbonyl (C=O) groups excluding carboxylic acids is 1. The van der Waals surface area contributed by atoms with Gasteiger partial charge < -0.3 is 10.2 Å². The van der Waals surface area contributed by atoms with Crippen LogP contribution in [0.15, 0.2) is 0 Å². The van der Waals surface area contributed by atoms with E-state index in [1.54, 1.807) is 0 Å². The first-order chi connectivity index (χ1) is 9.30. The van der Waals surface area contributed by atoms with Crippen LogP contribution in [0.5, 0.6) is 0 Å². The van der Waals surface area contributed by atoms with Crippen LogP contribution < -0.4 is 5.32 Å². The Kier molecular flexibility index (Phi) is 6.30. The predicted octanol–water partition coefficient (Wildman–Crippen LogP) is 2.95. The minimum absolute atomic E-state index is 0.0846. The zero-order chi connectivity index (χ0) is 15.3. The van der Waals surface area contributed by atoms with Gasteiger partial charge in [0.2, 0.25) is 5.91 Å². The van der Waals surface area contributed by atoms with Gasteiger partial charge in [-0.1, -0.05) is 20.8 Å². The molecule has 3 nitrogen and oxygen atoms in total. The molecule has 2 atom stereocenters. The summed E-state index contributed by atoms with van der Waals surface area (Å²) in [6, 6.07) is -0.827. The van der Waals surface area contributed by atoms with Crippen LogP contribution in [0, 0.1) is 5.92 Å². The molecule has 0 saturated carbocycles. The van der Waals surface area contributed by atoms with Crippen molar-refractivity contribution in [2.75, 3.05) is 13.1 Å². The molecule has 0 aromatic rings. The molecule has 0 radical (unpaired) electrons. The summed E-state index contributed by atoms with van der Waals surface area (Å²) in [4.78, 5) is 13.5. The van der Waals surface area contributed by atoms with Gasteiger partial charge >= 0.3 is 6.18 Å². The van der Waals surface area contributed by atoms with Crippen molar-refractivity contribution < 1.29 is 18.0 Å². The van der Waals surface area contributed by atoms with Gasteiger partial charge in [0, 0.05) is 6.04 Å². The third kappa shape index (κ3) is 4.65. The highest BCUT2D eigenvalue weighted by molar-refractivity contribution is 5.82. The molecule has 1 aliphatic heterocycles. The van der Waals surface area contributed by atoms with Crippen LogP contribution in [-0.4, -0.2) is 42.2 Å². The van der Waals surface area contributed by atoms with Gasteiger partial charge in [0.1, 0.15) is 6.54 Å². The highest BCUT2D eigenvalue weighted by atomic mass is 19.4. The minimum atomic E-state index is -4.35. The van der Waals surface area contributed by atoms with E-state index in [0.717, 1.165) is 17.7 Å². The van der Waals surface area contributed by atoms with E-state index in [-0.39, 0.29) is 12.0 Å². The Hall–Kier alpha value is -0.780. The maximum atomic E-state index is 12.7. The van der Waals surface area contributed by atoms with Gasteiger partial charge in [-0.2, -0.15) is 13.2 Å². The van der Waals surface area contributed by atoms with Gasteiger partial charge in [0.15, 0.2) is 0 Å². The Morgan fingerprint density at radius 3 is 2.40 bits per heavy atom. The molecule has 2 unspecified atom stereocenters. The fourth-order valence-electron chi connectivity index (χ4n) is 2.87. The molecule has 1 rings (SSSR count). The Bertz CT molecular complexity index is 316. The molecule has 0 aromatic heterocycles. The van der Waals surface area contributed by atoms with Crippen molar-refractivity contribution in [2.24, 2.45) is 5.92 Å². The van der Waals surface area contributed by atoms with Gasteiger partial charge in [0.25, 0.3) is 0 Å². The molecule has 0 bridgehead atoms. The second-order valence-corrected chi connectivity index (χ2v) is 5.60. The van der Waals surface area contributed by atoms with Crippen LogP contribution in [0.25, 0.3) is 0 Å².